The predicted molar refractivity (Wildman–Crippen MR) is 46.9 cm³/mol. The summed E-state index contributed by atoms with van der Waals surface area (Å²) in [5.41, 5.74) is 0.604. The van der Waals surface area contributed by atoms with Crippen molar-refractivity contribution in [1.82, 2.24) is 0 Å². The van der Waals surface area contributed by atoms with Crippen molar-refractivity contribution >= 4 is 11.9 Å². The number of ether oxygens (including phenoxy) is 1. The first-order chi connectivity index (χ1) is 7.08. The Balaban J connectivity index is 2.41. The van der Waals surface area contributed by atoms with Crippen LogP contribution in [-0.2, 0) is 16.0 Å². The summed E-state index contributed by atoms with van der Waals surface area (Å²) in [4.78, 5) is 21.9. The van der Waals surface area contributed by atoms with Gasteiger partial charge in [-0.25, -0.2) is 14.0 Å². The zero-order valence-electron chi connectivity index (χ0n) is 7.57. The van der Waals surface area contributed by atoms with Gasteiger partial charge in [-0.3, -0.25) is 0 Å². The molecule has 1 aliphatic rings. The average molecular weight is 210 g/mol. The van der Waals surface area contributed by atoms with Crippen molar-refractivity contribution in [2.75, 3.05) is 0 Å². The maximum Gasteiger partial charge on any atom is 0.345 e. The number of carbonyl (C=O) groups excluding carboxylic acids is 1. The van der Waals surface area contributed by atoms with Crippen LogP contribution in [0.15, 0.2) is 18.2 Å². The zero-order chi connectivity index (χ0) is 11.0. The smallest absolute Gasteiger partial charge is 0.345 e. The number of benzene rings is 1. The fraction of sp³-hybridized carbons (Fsp3) is 0.200. The summed E-state index contributed by atoms with van der Waals surface area (Å²) >= 11 is 0. The minimum absolute atomic E-state index is 0.00810. The van der Waals surface area contributed by atoms with Gasteiger partial charge < -0.3 is 9.84 Å². The normalized spacial score (nSPS) is 19.3. The number of hydrogen-bond acceptors (Lipinski definition) is 3. The van der Waals surface area contributed by atoms with Gasteiger partial charge in [0.25, 0.3) is 0 Å². The van der Waals surface area contributed by atoms with Crippen LogP contribution in [-0.4, -0.2) is 23.1 Å². The molecule has 0 unspecified atom stereocenters. The lowest BCUT2D eigenvalue weighted by Gasteiger charge is -2.21. The number of carboxylic acid groups (broad SMARTS) is 1. The van der Waals surface area contributed by atoms with E-state index in [4.69, 9.17) is 5.11 Å². The first-order valence-electron chi connectivity index (χ1n) is 4.30. The van der Waals surface area contributed by atoms with Gasteiger partial charge in [-0.2, -0.15) is 0 Å². The van der Waals surface area contributed by atoms with Gasteiger partial charge in [0, 0.05) is 6.42 Å². The monoisotopic (exact) mass is 210 g/mol. The van der Waals surface area contributed by atoms with Crippen molar-refractivity contribution in [3.8, 4) is 0 Å². The van der Waals surface area contributed by atoms with E-state index < -0.39 is 23.9 Å². The second kappa shape index (κ2) is 3.34. The van der Waals surface area contributed by atoms with Gasteiger partial charge in [0.15, 0.2) is 0 Å². The van der Waals surface area contributed by atoms with E-state index in [-0.39, 0.29) is 12.0 Å². The average Bonchev–Trinajstić information content (AvgIpc) is 2.16. The number of fused-ring (bicyclic) bond motifs is 1. The molecular formula is C10H7FO4. The first-order valence-corrected chi connectivity index (χ1v) is 4.30. The molecule has 4 nitrogen and oxygen atoms in total. The van der Waals surface area contributed by atoms with Gasteiger partial charge in [-0.1, -0.05) is 0 Å². The third kappa shape index (κ3) is 1.68. The quantitative estimate of drug-likeness (QED) is 0.702. The fourth-order valence-electron chi connectivity index (χ4n) is 1.50. The Bertz CT molecular complexity index is 441. The summed E-state index contributed by atoms with van der Waals surface area (Å²) in [6.07, 6.45) is -1.21. The van der Waals surface area contributed by atoms with E-state index >= 15 is 0 Å². The summed E-state index contributed by atoms with van der Waals surface area (Å²) in [5.74, 6) is -2.44. The Morgan fingerprint density at radius 2 is 2.27 bits per heavy atom. The van der Waals surface area contributed by atoms with E-state index in [1.165, 1.54) is 6.07 Å². The van der Waals surface area contributed by atoms with E-state index in [0.717, 1.165) is 12.1 Å². The number of halogens is 1. The van der Waals surface area contributed by atoms with Crippen LogP contribution in [0.4, 0.5) is 4.39 Å². The third-order valence-electron chi connectivity index (χ3n) is 2.22. The molecule has 1 aliphatic heterocycles. The van der Waals surface area contributed by atoms with Gasteiger partial charge in [0.1, 0.15) is 5.82 Å². The van der Waals surface area contributed by atoms with Crippen LogP contribution in [0.5, 0.6) is 0 Å². The standard InChI is InChI=1S/C10H7FO4/c11-6-1-2-7-5(3-6)4-8(9(12)13)15-10(7)14/h1-3,8H,4H2,(H,12,13)/t8-/m1/s1. The van der Waals surface area contributed by atoms with Crippen LogP contribution in [0, 0.1) is 5.82 Å². The molecule has 0 fully saturated rings. The fourth-order valence-corrected chi connectivity index (χ4v) is 1.50. The lowest BCUT2D eigenvalue weighted by molar-refractivity contribution is -0.147. The van der Waals surface area contributed by atoms with Crippen LogP contribution in [0.3, 0.4) is 0 Å². The highest BCUT2D eigenvalue weighted by molar-refractivity contribution is 5.94. The Kier molecular flexibility index (Phi) is 2.15. The number of carbonyl (C=O) groups is 2. The van der Waals surface area contributed by atoms with Gasteiger partial charge in [0.2, 0.25) is 6.10 Å². The van der Waals surface area contributed by atoms with Gasteiger partial charge in [-0.05, 0) is 23.8 Å². The topological polar surface area (TPSA) is 63.6 Å². The van der Waals surface area contributed by atoms with E-state index in [1.807, 2.05) is 0 Å². The van der Waals surface area contributed by atoms with Crippen molar-refractivity contribution in [3.63, 3.8) is 0 Å². The molecule has 0 amide bonds. The number of carboxylic acids is 1. The molecule has 1 atom stereocenters. The highest BCUT2D eigenvalue weighted by atomic mass is 19.1. The van der Waals surface area contributed by atoms with Crippen molar-refractivity contribution in [1.29, 1.82) is 0 Å². The Morgan fingerprint density at radius 1 is 1.53 bits per heavy atom. The molecule has 0 aromatic heterocycles. The SMILES string of the molecule is O=C1O[C@@H](C(=O)O)Cc2cc(F)ccc21. The molecule has 78 valence electrons. The molecule has 1 aromatic rings. The number of cyclic esters (lactones) is 1. The Morgan fingerprint density at radius 3 is 2.93 bits per heavy atom. The maximum atomic E-state index is 12.9. The van der Waals surface area contributed by atoms with Crippen molar-refractivity contribution < 1.29 is 23.8 Å². The molecule has 1 aromatic carbocycles. The van der Waals surface area contributed by atoms with Gasteiger partial charge >= 0.3 is 11.9 Å². The molecule has 2 rings (SSSR count). The molecule has 0 bridgehead atoms. The van der Waals surface area contributed by atoms with E-state index in [9.17, 15) is 14.0 Å². The zero-order valence-corrected chi connectivity index (χ0v) is 7.57. The molecule has 1 N–H and O–H groups in total. The Hall–Kier alpha value is -1.91. The Labute approximate surface area is 84.3 Å². The molecule has 0 radical (unpaired) electrons. The summed E-state index contributed by atoms with van der Waals surface area (Å²) in [7, 11) is 0. The van der Waals surface area contributed by atoms with Crippen LogP contribution in [0.25, 0.3) is 0 Å². The van der Waals surface area contributed by atoms with Gasteiger partial charge in [-0.15, -0.1) is 0 Å². The first kappa shape index (κ1) is 9.64. The minimum atomic E-state index is -1.22. The molecule has 0 spiro atoms. The highest BCUT2D eigenvalue weighted by Gasteiger charge is 2.31. The number of aliphatic carboxylic acids is 1. The van der Waals surface area contributed by atoms with E-state index in [0.29, 0.717) is 5.56 Å². The number of rotatable bonds is 1. The minimum Gasteiger partial charge on any atom is -0.478 e. The summed E-state index contributed by atoms with van der Waals surface area (Å²) in [6.45, 7) is 0. The van der Waals surface area contributed by atoms with Crippen LogP contribution >= 0.6 is 0 Å². The second-order valence-corrected chi connectivity index (χ2v) is 3.24. The molecule has 0 saturated heterocycles. The molecule has 0 saturated carbocycles. The molecule has 0 aliphatic carbocycles. The molecule has 15 heavy (non-hydrogen) atoms. The summed E-state index contributed by atoms with van der Waals surface area (Å²) in [5, 5.41) is 8.68. The van der Waals surface area contributed by atoms with E-state index in [2.05, 4.69) is 4.74 Å². The molecule has 5 heteroatoms. The third-order valence-corrected chi connectivity index (χ3v) is 2.22. The van der Waals surface area contributed by atoms with Crippen molar-refractivity contribution in [2.24, 2.45) is 0 Å². The molecular weight excluding hydrogens is 203 g/mol. The lowest BCUT2D eigenvalue weighted by atomic mass is 9.98. The second-order valence-electron chi connectivity index (χ2n) is 3.24. The van der Waals surface area contributed by atoms with E-state index in [1.54, 1.807) is 0 Å². The largest absolute Gasteiger partial charge is 0.478 e. The predicted octanol–water partition coefficient (Wildman–Crippen LogP) is 0.992. The summed E-state index contributed by atoms with van der Waals surface area (Å²) < 4.78 is 17.5. The maximum absolute atomic E-state index is 12.9. The highest BCUT2D eigenvalue weighted by Crippen LogP contribution is 2.21. The number of hydrogen-bond donors (Lipinski definition) is 1. The van der Waals surface area contributed by atoms with Crippen LogP contribution in [0.1, 0.15) is 15.9 Å². The number of esters is 1. The van der Waals surface area contributed by atoms with Crippen LogP contribution < -0.4 is 0 Å². The van der Waals surface area contributed by atoms with Crippen molar-refractivity contribution in [2.45, 2.75) is 12.5 Å². The molecule has 1 heterocycles. The summed E-state index contributed by atoms with van der Waals surface area (Å²) in [6, 6.07) is 3.60. The van der Waals surface area contributed by atoms with Gasteiger partial charge in [0.05, 0.1) is 5.56 Å². The van der Waals surface area contributed by atoms with Crippen molar-refractivity contribution in [3.05, 3.63) is 35.1 Å². The lowest BCUT2D eigenvalue weighted by Crippen LogP contribution is -2.34. The van der Waals surface area contributed by atoms with Crippen LogP contribution in [0.2, 0.25) is 0 Å².